The van der Waals surface area contributed by atoms with Gasteiger partial charge in [-0.3, -0.25) is 0 Å². The third-order valence-electron chi connectivity index (χ3n) is 3.96. The monoisotopic (exact) mass is 338 g/mol. The molecule has 0 amide bonds. The van der Waals surface area contributed by atoms with Gasteiger partial charge in [0, 0.05) is 24.0 Å². The number of anilines is 1. The van der Waals surface area contributed by atoms with E-state index >= 15 is 0 Å². The molecule has 0 bridgehead atoms. The van der Waals surface area contributed by atoms with E-state index in [-0.39, 0.29) is 5.25 Å². The Hall–Kier alpha value is -0.870. The summed E-state index contributed by atoms with van der Waals surface area (Å²) in [5.41, 5.74) is 2.64. The van der Waals surface area contributed by atoms with Gasteiger partial charge in [-0.05, 0) is 64.3 Å². The van der Waals surface area contributed by atoms with Gasteiger partial charge in [-0.15, -0.1) is 0 Å². The van der Waals surface area contributed by atoms with E-state index in [1.54, 1.807) is 0 Å². The van der Waals surface area contributed by atoms with Crippen LogP contribution in [0.15, 0.2) is 24.3 Å². The van der Waals surface area contributed by atoms with Crippen molar-refractivity contribution in [3.63, 3.8) is 0 Å². The summed E-state index contributed by atoms with van der Waals surface area (Å²) in [7, 11) is 1.11. The maximum atomic E-state index is 11.9. The summed E-state index contributed by atoms with van der Waals surface area (Å²) in [4.78, 5) is 0. The zero-order valence-electron chi connectivity index (χ0n) is 15.3. The van der Waals surface area contributed by atoms with Crippen LogP contribution in [0, 0.1) is 0 Å². The third-order valence-corrected chi connectivity index (χ3v) is 5.57. The van der Waals surface area contributed by atoms with E-state index in [1.807, 2.05) is 25.2 Å². The average molecular weight is 339 g/mol. The number of benzene rings is 1. The van der Waals surface area contributed by atoms with Crippen molar-refractivity contribution in [1.82, 2.24) is 4.31 Å². The van der Waals surface area contributed by atoms with Crippen molar-refractivity contribution in [2.45, 2.75) is 64.5 Å². The van der Waals surface area contributed by atoms with E-state index in [9.17, 15) is 4.21 Å². The van der Waals surface area contributed by atoms with E-state index in [2.05, 4.69) is 36.5 Å². The van der Waals surface area contributed by atoms with E-state index in [0.29, 0.717) is 0 Å². The summed E-state index contributed by atoms with van der Waals surface area (Å²) in [6.07, 6.45) is 7.12. The molecule has 0 heterocycles. The summed E-state index contributed by atoms with van der Waals surface area (Å²) in [6, 6.07) is 8.83. The fourth-order valence-corrected chi connectivity index (χ4v) is 3.52. The zero-order chi connectivity index (χ0) is 17.1. The van der Waals surface area contributed by atoms with Gasteiger partial charge in [0.2, 0.25) is 0 Å². The second-order valence-electron chi connectivity index (χ2n) is 6.46. The quantitative estimate of drug-likeness (QED) is 0.564. The molecule has 1 N–H and O–H groups in total. The molecular weight excluding hydrogens is 304 g/mol. The fraction of sp³-hybridized carbons (Fsp3) is 0.684. The van der Waals surface area contributed by atoms with Gasteiger partial charge in [0.25, 0.3) is 0 Å². The van der Waals surface area contributed by atoms with Gasteiger partial charge in [0.05, 0.1) is 11.0 Å². The molecule has 1 atom stereocenters. The van der Waals surface area contributed by atoms with Crippen LogP contribution in [-0.4, -0.2) is 33.9 Å². The second-order valence-corrected chi connectivity index (χ2v) is 8.58. The van der Waals surface area contributed by atoms with Crippen LogP contribution >= 0.6 is 0 Å². The minimum Gasteiger partial charge on any atom is -0.385 e. The number of hydrogen-bond acceptors (Lipinski definition) is 2. The lowest BCUT2D eigenvalue weighted by Gasteiger charge is -2.17. The van der Waals surface area contributed by atoms with Crippen molar-refractivity contribution in [3.8, 4) is 0 Å². The maximum absolute atomic E-state index is 11.9. The molecule has 1 aromatic rings. The Labute approximate surface area is 145 Å². The van der Waals surface area contributed by atoms with Crippen molar-refractivity contribution in [2.75, 3.05) is 25.5 Å². The van der Waals surface area contributed by atoms with E-state index < -0.39 is 11.0 Å². The molecule has 1 rings (SSSR count). The topological polar surface area (TPSA) is 32.3 Å². The Morgan fingerprint density at radius 2 is 1.78 bits per heavy atom. The highest BCUT2D eigenvalue weighted by atomic mass is 32.2. The Balaban J connectivity index is 2.12. The van der Waals surface area contributed by atoms with Crippen LogP contribution in [0.5, 0.6) is 0 Å². The first-order chi connectivity index (χ1) is 11.0. The van der Waals surface area contributed by atoms with Gasteiger partial charge in [0.15, 0.2) is 0 Å². The van der Waals surface area contributed by atoms with Crippen LogP contribution in [0.4, 0.5) is 5.69 Å². The van der Waals surface area contributed by atoms with E-state index in [1.165, 1.54) is 36.9 Å². The molecule has 3 nitrogen and oxygen atoms in total. The summed E-state index contributed by atoms with van der Waals surface area (Å²) in [6.45, 7) is 8.16. The highest BCUT2D eigenvalue weighted by Gasteiger charge is 2.10. The number of hydrogen-bond donors (Lipinski definition) is 1. The Morgan fingerprint density at radius 3 is 2.39 bits per heavy atom. The number of nitrogens with zero attached hydrogens (tertiary/aromatic N) is 1. The van der Waals surface area contributed by atoms with Crippen LogP contribution in [0.25, 0.3) is 0 Å². The first-order valence-electron chi connectivity index (χ1n) is 8.99. The van der Waals surface area contributed by atoms with Crippen molar-refractivity contribution in [2.24, 2.45) is 0 Å². The molecule has 0 aliphatic rings. The first kappa shape index (κ1) is 20.2. The van der Waals surface area contributed by atoms with Gasteiger partial charge in [-0.25, -0.2) is 8.51 Å². The summed E-state index contributed by atoms with van der Waals surface area (Å²) < 4.78 is 13.8. The summed E-state index contributed by atoms with van der Waals surface area (Å²) in [5, 5.41) is 3.69. The molecular formula is C19H34N2OS. The molecule has 0 fully saturated rings. The van der Waals surface area contributed by atoms with Crippen molar-refractivity contribution < 1.29 is 4.21 Å². The average Bonchev–Trinajstić information content (AvgIpc) is 2.56. The van der Waals surface area contributed by atoms with Gasteiger partial charge in [-0.2, -0.15) is 0 Å². The first-order valence-corrected chi connectivity index (χ1v) is 10.2. The predicted octanol–water partition coefficient (Wildman–Crippen LogP) is 4.62. The summed E-state index contributed by atoms with van der Waals surface area (Å²) in [5.74, 6) is 0. The molecule has 1 unspecified atom stereocenters. The Bertz CT molecular complexity index is 445. The second kappa shape index (κ2) is 11.6. The van der Waals surface area contributed by atoms with Gasteiger partial charge < -0.3 is 5.32 Å². The van der Waals surface area contributed by atoms with Crippen LogP contribution in [0.1, 0.15) is 58.4 Å². The highest BCUT2D eigenvalue weighted by molar-refractivity contribution is 7.83. The summed E-state index contributed by atoms with van der Waals surface area (Å²) >= 11 is 0. The lowest BCUT2D eigenvalue weighted by molar-refractivity contribution is 0.489. The number of aryl methyl sites for hydroxylation is 1. The molecule has 23 heavy (non-hydrogen) atoms. The van der Waals surface area contributed by atoms with Gasteiger partial charge in [0.1, 0.15) is 0 Å². The molecule has 0 aromatic heterocycles. The smallest absolute Gasteiger partial charge is 0.0965 e. The fourth-order valence-electron chi connectivity index (χ4n) is 2.49. The van der Waals surface area contributed by atoms with Crippen LogP contribution in [-0.2, 0) is 17.4 Å². The molecule has 0 saturated heterocycles. The van der Waals surface area contributed by atoms with Crippen molar-refractivity contribution >= 4 is 16.7 Å². The minimum absolute atomic E-state index is 0.210. The molecule has 4 heteroatoms. The van der Waals surface area contributed by atoms with E-state index in [0.717, 1.165) is 25.9 Å². The molecule has 0 saturated carbocycles. The minimum atomic E-state index is -0.841. The Kier molecular flexibility index (Phi) is 10.2. The van der Waals surface area contributed by atoms with Gasteiger partial charge in [-0.1, -0.05) is 31.9 Å². The van der Waals surface area contributed by atoms with E-state index in [4.69, 9.17) is 0 Å². The molecule has 0 radical (unpaired) electrons. The van der Waals surface area contributed by atoms with Crippen LogP contribution in [0.3, 0.4) is 0 Å². The molecule has 0 spiro atoms. The number of nitrogens with one attached hydrogen (secondary N) is 1. The van der Waals surface area contributed by atoms with Crippen LogP contribution < -0.4 is 5.32 Å². The normalized spacial score (nSPS) is 12.8. The lowest BCUT2D eigenvalue weighted by atomic mass is 10.1. The molecule has 1 aromatic carbocycles. The molecule has 0 aliphatic carbocycles. The SMILES string of the molecule is CCCCc1ccc(NCCCCCN(C)S(=O)C(C)C)cc1. The zero-order valence-corrected chi connectivity index (χ0v) is 16.1. The van der Waals surface area contributed by atoms with Crippen molar-refractivity contribution in [3.05, 3.63) is 29.8 Å². The lowest BCUT2D eigenvalue weighted by Crippen LogP contribution is -2.27. The standard InChI is InChI=1S/C19H34N2OS/c1-5-6-10-18-11-13-19(14-12-18)20-15-8-7-9-16-21(4)23(22)17(2)3/h11-14,17,20H,5-10,15-16H2,1-4H3. The largest absolute Gasteiger partial charge is 0.385 e. The highest BCUT2D eigenvalue weighted by Crippen LogP contribution is 2.12. The number of rotatable bonds is 12. The maximum Gasteiger partial charge on any atom is 0.0965 e. The molecule has 0 aliphatic heterocycles. The van der Waals surface area contributed by atoms with Crippen molar-refractivity contribution in [1.29, 1.82) is 0 Å². The van der Waals surface area contributed by atoms with Gasteiger partial charge >= 0.3 is 0 Å². The number of unbranched alkanes of at least 4 members (excludes halogenated alkanes) is 3. The van der Waals surface area contributed by atoms with Crippen LogP contribution in [0.2, 0.25) is 0 Å². The third kappa shape index (κ3) is 8.52. The molecule has 132 valence electrons. The Morgan fingerprint density at radius 1 is 1.09 bits per heavy atom. The predicted molar refractivity (Wildman–Crippen MR) is 103 cm³/mol.